The molecule has 0 unspecified atom stereocenters. The van der Waals surface area contributed by atoms with Gasteiger partial charge in [-0.1, -0.05) is 18.2 Å². The molecule has 0 aliphatic rings. The molecule has 0 fully saturated rings. The molecular weight excluding hydrogens is 809 g/mol. The summed E-state index contributed by atoms with van der Waals surface area (Å²) in [6.45, 7) is 1.89. The molecule has 0 amide bonds. The minimum absolute atomic E-state index is 0.241. The molecule has 4 N–H and O–H groups in total. The Kier molecular flexibility index (Phi) is 8.20. The maximum absolute atomic E-state index is 13.3. The van der Waals surface area contributed by atoms with Crippen LogP contribution in [0.5, 0.6) is 0 Å². The zero-order valence-corrected chi connectivity index (χ0v) is 33.9. The predicted octanol–water partition coefficient (Wildman–Crippen LogP) is 10.3. The van der Waals surface area contributed by atoms with Crippen LogP contribution in [0, 0.1) is 6.92 Å². The van der Waals surface area contributed by atoms with Gasteiger partial charge >= 0.3 is 0 Å². The highest BCUT2D eigenvalue weighted by Gasteiger charge is 2.20. The van der Waals surface area contributed by atoms with E-state index >= 15 is 0 Å². The Morgan fingerprint density at radius 2 is 1.27 bits per heavy atom. The van der Waals surface area contributed by atoms with E-state index in [-0.39, 0.29) is 11.1 Å². The number of nitrogens with zero attached hydrogens (tertiary/aromatic N) is 6. The molecule has 0 spiro atoms. The molecule has 0 bridgehead atoms. The van der Waals surface area contributed by atoms with Crippen molar-refractivity contribution < 1.29 is 4.42 Å². The topological polar surface area (TPSA) is 188 Å². The van der Waals surface area contributed by atoms with Crippen molar-refractivity contribution in [2.45, 2.75) is 6.92 Å². The number of hydrogen-bond donors (Lipinski definition) is 4. The number of thiazole rings is 1. The molecule has 12 aromatic rings. The van der Waals surface area contributed by atoms with Crippen molar-refractivity contribution in [1.29, 1.82) is 0 Å². The number of aryl methyl sites for hydroxylation is 1. The second-order valence-corrected chi connectivity index (χ2v) is 16.2. The number of furan rings is 1. The Hall–Kier alpha value is -8.62. The van der Waals surface area contributed by atoms with Gasteiger partial charge in [0.15, 0.2) is 5.76 Å². The van der Waals surface area contributed by atoms with Crippen LogP contribution in [0.4, 0.5) is 0 Å². The molecule has 0 saturated carbocycles. The molecule has 2 aromatic carbocycles. The fourth-order valence-corrected chi connectivity index (χ4v) is 9.03. The van der Waals surface area contributed by atoms with Gasteiger partial charge in [0.05, 0.1) is 44.1 Å². The van der Waals surface area contributed by atoms with Gasteiger partial charge < -0.3 is 19.4 Å². The second-order valence-electron chi connectivity index (χ2n) is 15.2. The molecule has 0 radical (unpaired) electrons. The van der Waals surface area contributed by atoms with E-state index in [0.29, 0.717) is 51.0 Å². The number of H-pyrrole nitrogens is 4. The molecule has 0 aliphatic heterocycles. The first-order chi connectivity index (χ1) is 30.9. The van der Waals surface area contributed by atoms with Gasteiger partial charge in [-0.2, -0.15) is 5.10 Å². The van der Waals surface area contributed by atoms with Gasteiger partial charge in [0.1, 0.15) is 27.8 Å². The molecule has 0 aliphatic carbocycles. The highest BCUT2D eigenvalue weighted by atomic mass is 32.1. The van der Waals surface area contributed by atoms with Crippen molar-refractivity contribution in [3.63, 3.8) is 0 Å². The smallest absolute Gasteiger partial charge is 0.259 e. The summed E-state index contributed by atoms with van der Waals surface area (Å²) in [4.78, 5) is 60.8. The van der Waals surface area contributed by atoms with E-state index < -0.39 is 0 Å². The molecule has 13 nitrogen and oxygen atoms in total. The first-order valence-corrected chi connectivity index (χ1v) is 20.8. The average molecular weight is 839 g/mol. The van der Waals surface area contributed by atoms with E-state index in [4.69, 9.17) is 24.4 Å². The third-order valence-electron chi connectivity index (χ3n) is 11.2. The summed E-state index contributed by atoms with van der Waals surface area (Å²) in [5, 5.41) is 11.1. The van der Waals surface area contributed by atoms with Gasteiger partial charge in [0.25, 0.3) is 11.1 Å². The third kappa shape index (κ3) is 6.32. The van der Waals surface area contributed by atoms with Crippen LogP contribution in [0.1, 0.15) is 5.76 Å². The highest BCUT2D eigenvalue weighted by molar-refractivity contribution is 7.18. The monoisotopic (exact) mass is 838 g/mol. The van der Waals surface area contributed by atoms with E-state index in [1.165, 1.54) is 11.3 Å². The minimum atomic E-state index is -0.275. The third-order valence-corrected chi connectivity index (χ3v) is 12.3. The quantitative estimate of drug-likeness (QED) is 0.121. The van der Waals surface area contributed by atoms with Crippen LogP contribution >= 0.6 is 11.3 Å². The summed E-state index contributed by atoms with van der Waals surface area (Å²) in [5.74, 6) is 1.34. The van der Waals surface area contributed by atoms with Gasteiger partial charge in [0.2, 0.25) is 0 Å². The summed E-state index contributed by atoms with van der Waals surface area (Å²) < 4.78 is 6.09. The largest absolute Gasteiger partial charge is 0.460 e. The number of aromatic nitrogens is 10. The Labute approximate surface area is 359 Å². The minimum Gasteiger partial charge on any atom is -0.460 e. The normalized spacial score (nSPS) is 11.7. The summed E-state index contributed by atoms with van der Waals surface area (Å²) in [6.07, 6.45) is 8.84. The number of rotatable bonds is 7. The van der Waals surface area contributed by atoms with Gasteiger partial charge in [-0.25, -0.2) is 15.0 Å². The Balaban J connectivity index is 0.972. The lowest BCUT2D eigenvalue weighted by molar-refractivity contribution is 0.547. The molecule has 10 aromatic heterocycles. The molecule has 300 valence electrons. The van der Waals surface area contributed by atoms with Crippen molar-refractivity contribution in [3.05, 3.63) is 167 Å². The molecule has 0 saturated heterocycles. The summed E-state index contributed by atoms with van der Waals surface area (Å²) >= 11 is 1.49. The zero-order valence-electron chi connectivity index (χ0n) is 33.1. The van der Waals surface area contributed by atoms with Crippen molar-refractivity contribution in [2.24, 2.45) is 0 Å². The SMILES string of the molecule is Cc1ccc(-c2nc3[nH]c(=O)c(-c4ccc[nH]4)cc3cc2-c2ccc3ncc(-c4ncc(-c5nc6[nH]c(=O)c(-c7ccn[nH]7)cc6cc5-c5ccc6ncccc6c5)s4)cc3c2)o1. The van der Waals surface area contributed by atoms with Crippen molar-refractivity contribution in [1.82, 2.24) is 50.1 Å². The molecule has 14 heteroatoms. The fourth-order valence-electron chi connectivity index (χ4n) is 8.13. The van der Waals surface area contributed by atoms with Crippen LogP contribution in [0.15, 0.2) is 154 Å². The van der Waals surface area contributed by atoms with Gasteiger partial charge in [-0.05, 0) is 109 Å². The standard InChI is InChI=1S/C49H30N10O3S/c1-25-6-11-41(62-25)43-33(19-30-21-35(39-5-3-14-51-39)47(60)57-45(30)55-43)27-8-10-38-29(17-27)18-32(23-52-38)49-53-24-42(63-49)44-34(26-7-9-37-28(16-26)4-2-13-50-37)20-31-22-36(40-12-15-54-59-40)48(61)58-46(31)56-44/h2-24,51H,1H3,(H,54,59)(H,55,57,60)(H,56,58,61). The number of benzene rings is 2. The summed E-state index contributed by atoms with van der Waals surface area (Å²) in [6, 6.07) is 35.4. The number of pyridine rings is 6. The van der Waals surface area contributed by atoms with Crippen LogP contribution in [0.3, 0.4) is 0 Å². The van der Waals surface area contributed by atoms with Crippen LogP contribution in [-0.2, 0) is 0 Å². The molecule has 0 atom stereocenters. The molecule has 63 heavy (non-hydrogen) atoms. The maximum atomic E-state index is 13.3. The first-order valence-electron chi connectivity index (χ1n) is 20.0. The number of nitrogens with one attached hydrogen (secondary N) is 4. The fraction of sp³-hybridized carbons (Fsp3) is 0.0204. The Morgan fingerprint density at radius 3 is 1.98 bits per heavy atom. The molecular formula is C49H30N10O3S. The summed E-state index contributed by atoms with van der Waals surface area (Å²) in [7, 11) is 0. The van der Waals surface area contributed by atoms with Crippen molar-refractivity contribution in [2.75, 3.05) is 0 Å². The van der Waals surface area contributed by atoms with E-state index in [2.05, 4.69) is 54.4 Å². The van der Waals surface area contributed by atoms with E-state index in [0.717, 1.165) is 76.0 Å². The number of hydrogen-bond acceptors (Lipinski definition) is 10. The average Bonchev–Trinajstić information content (AvgIpc) is 4.17. The highest BCUT2D eigenvalue weighted by Crippen LogP contribution is 2.40. The molecule has 10 heterocycles. The van der Waals surface area contributed by atoms with Gasteiger partial charge in [-0.15, -0.1) is 11.3 Å². The van der Waals surface area contributed by atoms with Crippen LogP contribution in [0.25, 0.3) is 121 Å². The lowest BCUT2D eigenvalue weighted by atomic mass is 9.98. The lowest BCUT2D eigenvalue weighted by Gasteiger charge is -2.12. The van der Waals surface area contributed by atoms with Gasteiger partial charge in [-0.3, -0.25) is 24.7 Å². The van der Waals surface area contributed by atoms with Crippen LogP contribution in [-0.4, -0.2) is 50.1 Å². The van der Waals surface area contributed by atoms with Crippen molar-refractivity contribution >= 4 is 55.2 Å². The van der Waals surface area contributed by atoms with Gasteiger partial charge in [0, 0.05) is 69.2 Å². The van der Waals surface area contributed by atoms with Crippen LogP contribution < -0.4 is 11.1 Å². The zero-order chi connectivity index (χ0) is 42.2. The Morgan fingerprint density at radius 1 is 0.571 bits per heavy atom. The van der Waals surface area contributed by atoms with E-state index in [1.807, 2.05) is 98.2 Å². The Bertz CT molecular complexity index is 3880. The summed E-state index contributed by atoms with van der Waals surface area (Å²) in [5.41, 5.74) is 10.1. The number of aromatic amines is 4. The van der Waals surface area contributed by atoms with Crippen LogP contribution in [0.2, 0.25) is 0 Å². The predicted molar refractivity (Wildman–Crippen MR) is 246 cm³/mol. The maximum Gasteiger partial charge on any atom is 0.259 e. The van der Waals surface area contributed by atoms with E-state index in [1.54, 1.807) is 24.7 Å². The van der Waals surface area contributed by atoms with Crippen molar-refractivity contribution in [3.8, 4) is 77.4 Å². The number of fused-ring (bicyclic) bond motifs is 4. The first kappa shape index (κ1) is 36.2. The molecule has 12 rings (SSSR count). The lowest BCUT2D eigenvalue weighted by Crippen LogP contribution is -2.10. The van der Waals surface area contributed by atoms with E-state index in [9.17, 15) is 9.59 Å². The second kappa shape index (κ2) is 14.2.